The van der Waals surface area contributed by atoms with E-state index in [1.165, 1.54) is 0 Å². The number of nitrogens with zero attached hydrogens (tertiary/aromatic N) is 2. The van der Waals surface area contributed by atoms with Gasteiger partial charge in [0.05, 0.1) is 0 Å². The molecule has 0 spiro atoms. The maximum absolute atomic E-state index is 11.5. The number of ether oxygens (including phenoxy) is 2. The number of hydrogen-bond acceptors (Lipinski definition) is 8. The Morgan fingerprint density at radius 3 is 1.29 bits per heavy atom. The van der Waals surface area contributed by atoms with Gasteiger partial charge in [0.2, 0.25) is 0 Å². The second-order valence-corrected chi connectivity index (χ2v) is 5.48. The van der Waals surface area contributed by atoms with Gasteiger partial charge in [-0.25, -0.2) is 9.59 Å². The highest BCUT2D eigenvalue weighted by Gasteiger charge is 2.21. The zero-order valence-electron chi connectivity index (χ0n) is 15.2. The van der Waals surface area contributed by atoms with Gasteiger partial charge >= 0.3 is 11.9 Å². The first-order chi connectivity index (χ1) is 11.4. The van der Waals surface area contributed by atoms with Crippen LogP contribution in [-0.2, 0) is 19.1 Å². The van der Waals surface area contributed by atoms with E-state index in [0.29, 0.717) is 13.1 Å². The van der Waals surface area contributed by atoms with Gasteiger partial charge in [-0.2, -0.15) is 0 Å². The summed E-state index contributed by atoms with van der Waals surface area (Å²) in [5.74, 6) is -2.33. The highest BCUT2D eigenvalue weighted by molar-refractivity contribution is 6.29. The van der Waals surface area contributed by atoms with Crippen molar-refractivity contribution < 1.29 is 29.3 Å². The molecule has 0 aromatic heterocycles. The van der Waals surface area contributed by atoms with E-state index in [9.17, 15) is 19.8 Å². The molecule has 8 nitrogen and oxygen atoms in total. The minimum Gasteiger partial charge on any atom is -0.454 e. The average Bonchev–Trinajstić information content (AvgIpc) is 2.59. The summed E-state index contributed by atoms with van der Waals surface area (Å²) in [7, 11) is 0. The third-order valence-corrected chi connectivity index (χ3v) is 3.71. The molecule has 0 aromatic carbocycles. The molecule has 0 saturated heterocycles. The Morgan fingerprint density at radius 1 is 0.750 bits per heavy atom. The Kier molecular flexibility index (Phi) is 12.4. The van der Waals surface area contributed by atoms with Gasteiger partial charge in [0, 0.05) is 13.1 Å². The Bertz CT molecular complexity index is 324. The fourth-order valence-corrected chi connectivity index (χ4v) is 2.13. The summed E-state index contributed by atoms with van der Waals surface area (Å²) in [5, 5.41) is 19.5. The van der Waals surface area contributed by atoms with Crippen LogP contribution in [0.1, 0.15) is 27.7 Å². The van der Waals surface area contributed by atoms with E-state index in [2.05, 4.69) is 0 Å². The van der Waals surface area contributed by atoms with Crippen LogP contribution in [0.2, 0.25) is 0 Å². The van der Waals surface area contributed by atoms with Crippen molar-refractivity contribution >= 4 is 11.9 Å². The van der Waals surface area contributed by atoms with Crippen LogP contribution in [0.25, 0.3) is 0 Å². The van der Waals surface area contributed by atoms with Crippen LogP contribution in [0.3, 0.4) is 0 Å². The van der Waals surface area contributed by atoms with E-state index in [-0.39, 0.29) is 13.2 Å². The maximum atomic E-state index is 11.5. The van der Waals surface area contributed by atoms with Crippen LogP contribution in [-0.4, -0.2) is 96.6 Å². The van der Waals surface area contributed by atoms with Crippen molar-refractivity contribution in [3.63, 3.8) is 0 Å². The van der Waals surface area contributed by atoms with Crippen LogP contribution >= 0.6 is 0 Å². The smallest absolute Gasteiger partial charge is 0.417 e. The molecule has 24 heavy (non-hydrogen) atoms. The molecular formula is C16H32N2O6. The van der Waals surface area contributed by atoms with Gasteiger partial charge in [0.25, 0.3) is 0 Å². The van der Waals surface area contributed by atoms with Crippen LogP contribution in [0.4, 0.5) is 0 Å². The van der Waals surface area contributed by atoms with Crippen molar-refractivity contribution in [3.05, 3.63) is 0 Å². The molecule has 142 valence electrons. The number of carbonyl (C=O) groups excluding carboxylic acids is 2. The Labute approximate surface area is 144 Å². The molecule has 2 unspecified atom stereocenters. The summed E-state index contributed by atoms with van der Waals surface area (Å²) < 4.78 is 9.46. The van der Waals surface area contributed by atoms with Crippen molar-refractivity contribution in [1.82, 2.24) is 9.80 Å². The molecule has 0 aliphatic heterocycles. The van der Waals surface area contributed by atoms with Gasteiger partial charge in [-0.1, -0.05) is 27.7 Å². The highest BCUT2D eigenvalue weighted by atomic mass is 16.6. The number of aliphatic hydroxyl groups excluding tert-OH is 2. The average molecular weight is 348 g/mol. The number of aliphatic hydroxyl groups is 2. The zero-order chi connectivity index (χ0) is 18.5. The van der Waals surface area contributed by atoms with Crippen molar-refractivity contribution in [2.45, 2.75) is 39.9 Å². The summed E-state index contributed by atoms with van der Waals surface area (Å²) in [6.07, 6.45) is -1.73. The molecule has 0 aromatic rings. The Balaban J connectivity index is 4.04. The topological polar surface area (TPSA) is 99.5 Å². The summed E-state index contributed by atoms with van der Waals surface area (Å²) >= 11 is 0. The number of rotatable bonds is 12. The van der Waals surface area contributed by atoms with Gasteiger partial charge in [-0.15, -0.1) is 0 Å². The Morgan fingerprint density at radius 2 is 1.04 bits per heavy atom. The molecule has 0 rings (SSSR count). The van der Waals surface area contributed by atoms with E-state index >= 15 is 0 Å². The number of likely N-dealkylation sites (N-methyl/N-ethyl adjacent to an activating group) is 2. The van der Waals surface area contributed by atoms with Crippen LogP contribution in [0.5, 0.6) is 0 Å². The quantitative estimate of drug-likeness (QED) is 0.359. The molecule has 0 fully saturated rings. The summed E-state index contributed by atoms with van der Waals surface area (Å²) in [6.45, 7) is 11.1. The summed E-state index contributed by atoms with van der Waals surface area (Å²) in [5.41, 5.74) is 0. The second kappa shape index (κ2) is 13.1. The lowest BCUT2D eigenvalue weighted by atomic mass is 10.3. The van der Waals surface area contributed by atoms with E-state index in [4.69, 9.17) is 9.47 Å². The van der Waals surface area contributed by atoms with Gasteiger partial charge < -0.3 is 29.5 Å². The molecule has 2 atom stereocenters. The number of carbonyl (C=O) groups is 2. The van der Waals surface area contributed by atoms with Gasteiger partial charge in [0.1, 0.15) is 25.4 Å². The van der Waals surface area contributed by atoms with Crippen molar-refractivity contribution in [2.24, 2.45) is 0 Å². The molecule has 0 heterocycles. The largest absolute Gasteiger partial charge is 0.454 e. The van der Waals surface area contributed by atoms with Gasteiger partial charge in [-0.3, -0.25) is 0 Å². The molecule has 0 aliphatic carbocycles. The van der Waals surface area contributed by atoms with E-state index < -0.39 is 24.1 Å². The first-order valence-electron chi connectivity index (χ1n) is 8.52. The monoisotopic (exact) mass is 348 g/mol. The molecule has 0 saturated carbocycles. The van der Waals surface area contributed by atoms with E-state index in [1.807, 2.05) is 37.5 Å². The normalized spacial score (nSPS) is 13.8. The third kappa shape index (κ3) is 9.82. The predicted molar refractivity (Wildman–Crippen MR) is 89.5 cm³/mol. The van der Waals surface area contributed by atoms with Crippen LogP contribution in [0.15, 0.2) is 0 Å². The summed E-state index contributed by atoms with van der Waals surface area (Å²) in [6, 6.07) is 0. The molecule has 0 radical (unpaired) electrons. The maximum Gasteiger partial charge on any atom is 0.417 e. The lowest BCUT2D eigenvalue weighted by molar-refractivity contribution is -0.171. The zero-order valence-corrected chi connectivity index (χ0v) is 15.2. The molecule has 8 heteroatoms. The standard InChI is InChI=1S/C16H32N2O6/c1-5-17(6-2)9-13(19)11-23-15(21)16(22)24-12-14(20)10-18(7-3)8-4/h13-14,19-20H,5-12H2,1-4H3. The minimum absolute atomic E-state index is 0.271. The van der Waals surface area contributed by atoms with Gasteiger partial charge in [-0.05, 0) is 26.2 Å². The molecule has 0 aliphatic rings. The predicted octanol–water partition coefficient (Wildman–Crippen LogP) is -0.522. The molecule has 2 N–H and O–H groups in total. The SMILES string of the molecule is CCN(CC)CC(O)COC(=O)C(=O)OCC(O)CN(CC)CC. The van der Waals surface area contributed by atoms with Gasteiger partial charge in [0.15, 0.2) is 0 Å². The fraction of sp³-hybridized carbons (Fsp3) is 0.875. The fourth-order valence-electron chi connectivity index (χ4n) is 2.13. The lowest BCUT2D eigenvalue weighted by Crippen LogP contribution is -2.37. The van der Waals surface area contributed by atoms with Crippen molar-refractivity contribution in [2.75, 3.05) is 52.5 Å². The Hall–Kier alpha value is -1.22. The van der Waals surface area contributed by atoms with Crippen LogP contribution in [0, 0.1) is 0 Å². The highest BCUT2D eigenvalue weighted by Crippen LogP contribution is 1.97. The third-order valence-electron chi connectivity index (χ3n) is 3.71. The first kappa shape index (κ1) is 22.8. The van der Waals surface area contributed by atoms with Crippen molar-refractivity contribution in [1.29, 1.82) is 0 Å². The number of hydrogen-bond donors (Lipinski definition) is 2. The molecule has 0 amide bonds. The van der Waals surface area contributed by atoms with Crippen molar-refractivity contribution in [3.8, 4) is 0 Å². The minimum atomic E-state index is -1.16. The molecule has 0 bridgehead atoms. The van der Waals surface area contributed by atoms with E-state index in [0.717, 1.165) is 26.2 Å². The number of esters is 2. The van der Waals surface area contributed by atoms with E-state index in [1.54, 1.807) is 0 Å². The lowest BCUT2D eigenvalue weighted by Gasteiger charge is -2.22. The van der Waals surface area contributed by atoms with Crippen LogP contribution < -0.4 is 0 Å². The summed E-state index contributed by atoms with van der Waals surface area (Å²) in [4.78, 5) is 27.0. The molecular weight excluding hydrogens is 316 g/mol. The second-order valence-electron chi connectivity index (χ2n) is 5.48. The first-order valence-corrected chi connectivity index (χ1v) is 8.52.